The molecule has 0 aromatic heterocycles. The lowest BCUT2D eigenvalue weighted by Gasteiger charge is -2.22. The Hall–Kier alpha value is -1.85. The van der Waals surface area contributed by atoms with E-state index in [1.165, 1.54) is 29.8 Å². The predicted octanol–water partition coefficient (Wildman–Crippen LogP) is 4.50. The van der Waals surface area contributed by atoms with Gasteiger partial charge in [-0.3, -0.25) is 9.69 Å². The van der Waals surface area contributed by atoms with E-state index in [4.69, 9.17) is 0 Å². The highest BCUT2D eigenvalue weighted by Crippen LogP contribution is 2.30. The normalized spacial score (nSPS) is 17.4. The molecule has 1 saturated heterocycles. The number of benzene rings is 2. The molecular weight excluding hydrogens is 347 g/mol. The van der Waals surface area contributed by atoms with Crippen LogP contribution in [-0.2, 0) is 0 Å². The molecule has 1 unspecified atom stereocenters. The van der Waals surface area contributed by atoms with E-state index in [1.807, 2.05) is 31.2 Å². The van der Waals surface area contributed by atoms with Crippen molar-refractivity contribution in [3.05, 3.63) is 59.4 Å². The Morgan fingerprint density at radius 1 is 1.27 bits per heavy atom. The second kappa shape index (κ2) is 8.69. The van der Waals surface area contributed by atoms with Crippen molar-refractivity contribution in [1.82, 2.24) is 10.2 Å². The average Bonchev–Trinajstić information content (AvgIpc) is 3.10. The van der Waals surface area contributed by atoms with Crippen molar-refractivity contribution in [2.24, 2.45) is 0 Å². The van der Waals surface area contributed by atoms with Crippen LogP contribution in [0.25, 0.3) is 0 Å². The van der Waals surface area contributed by atoms with Gasteiger partial charge >= 0.3 is 0 Å². The molecule has 5 heteroatoms. The SMILES string of the molecule is CCN1CCCC1CNC(=O)c1ccc(Sc2ccc(C)cc2)c(F)c1. The molecule has 3 rings (SSSR count). The number of carbonyl (C=O) groups is 1. The fourth-order valence-corrected chi connectivity index (χ4v) is 4.13. The Balaban J connectivity index is 1.61. The minimum atomic E-state index is -0.362. The number of hydrogen-bond donors (Lipinski definition) is 1. The maximum Gasteiger partial charge on any atom is 0.251 e. The number of likely N-dealkylation sites (N-methyl/N-ethyl adjacent to an activating group) is 1. The summed E-state index contributed by atoms with van der Waals surface area (Å²) in [6.45, 7) is 6.87. The monoisotopic (exact) mass is 372 g/mol. The van der Waals surface area contributed by atoms with Gasteiger partial charge in [-0.1, -0.05) is 36.4 Å². The van der Waals surface area contributed by atoms with E-state index < -0.39 is 0 Å². The van der Waals surface area contributed by atoms with Crippen LogP contribution in [0.3, 0.4) is 0 Å². The van der Waals surface area contributed by atoms with Crippen molar-refractivity contribution < 1.29 is 9.18 Å². The lowest BCUT2D eigenvalue weighted by molar-refractivity contribution is 0.0941. The van der Waals surface area contributed by atoms with Gasteiger partial charge in [0.25, 0.3) is 5.91 Å². The zero-order chi connectivity index (χ0) is 18.5. The number of halogens is 1. The number of rotatable bonds is 6. The van der Waals surface area contributed by atoms with Crippen molar-refractivity contribution in [2.45, 2.75) is 42.5 Å². The van der Waals surface area contributed by atoms with Crippen LogP contribution in [0, 0.1) is 12.7 Å². The molecule has 0 saturated carbocycles. The zero-order valence-electron chi connectivity index (χ0n) is 15.3. The molecule has 1 heterocycles. The van der Waals surface area contributed by atoms with Crippen molar-refractivity contribution >= 4 is 17.7 Å². The molecule has 138 valence electrons. The summed E-state index contributed by atoms with van der Waals surface area (Å²) in [7, 11) is 0. The molecule has 0 aliphatic carbocycles. The molecule has 1 aliphatic heterocycles. The van der Waals surface area contributed by atoms with E-state index in [9.17, 15) is 9.18 Å². The van der Waals surface area contributed by atoms with Crippen LogP contribution in [-0.4, -0.2) is 36.5 Å². The molecule has 0 bridgehead atoms. The maximum absolute atomic E-state index is 14.4. The summed E-state index contributed by atoms with van der Waals surface area (Å²) in [4.78, 5) is 16.2. The summed E-state index contributed by atoms with van der Waals surface area (Å²) in [6, 6.07) is 13.1. The summed E-state index contributed by atoms with van der Waals surface area (Å²) in [5, 5.41) is 2.95. The van der Waals surface area contributed by atoms with E-state index >= 15 is 0 Å². The summed E-state index contributed by atoms with van der Waals surface area (Å²) in [5.74, 6) is -0.571. The van der Waals surface area contributed by atoms with Crippen LogP contribution in [0.1, 0.15) is 35.7 Å². The van der Waals surface area contributed by atoms with Gasteiger partial charge in [-0.25, -0.2) is 4.39 Å². The van der Waals surface area contributed by atoms with Gasteiger partial charge in [-0.05, 0) is 63.2 Å². The Morgan fingerprint density at radius 2 is 2.04 bits per heavy atom. The standard InChI is InChI=1S/C21H25FN2OS/c1-3-24-12-4-5-17(24)14-23-21(25)16-8-11-20(19(22)13-16)26-18-9-6-15(2)7-10-18/h6-11,13,17H,3-5,12,14H2,1-2H3,(H,23,25). The second-order valence-electron chi connectivity index (χ2n) is 6.69. The summed E-state index contributed by atoms with van der Waals surface area (Å²) >= 11 is 1.37. The minimum Gasteiger partial charge on any atom is -0.350 e. The lowest BCUT2D eigenvalue weighted by atomic mass is 10.2. The molecule has 1 N–H and O–H groups in total. The van der Waals surface area contributed by atoms with Crippen molar-refractivity contribution in [2.75, 3.05) is 19.6 Å². The van der Waals surface area contributed by atoms with Crippen LogP contribution in [0.5, 0.6) is 0 Å². The summed E-state index contributed by atoms with van der Waals surface area (Å²) in [6.07, 6.45) is 2.28. The van der Waals surface area contributed by atoms with Gasteiger partial charge in [-0.2, -0.15) is 0 Å². The molecule has 2 aromatic carbocycles. The van der Waals surface area contributed by atoms with Gasteiger partial charge in [0.2, 0.25) is 0 Å². The minimum absolute atomic E-state index is 0.210. The summed E-state index contributed by atoms with van der Waals surface area (Å²) < 4.78 is 14.4. The van der Waals surface area contributed by atoms with E-state index in [2.05, 4.69) is 17.1 Å². The number of hydrogen-bond acceptors (Lipinski definition) is 3. The smallest absolute Gasteiger partial charge is 0.251 e. The van der Waals surface area contributed by atoms with Gasteiger partial charge in [0, 0.05) is 27.9 Å². The highest BCUT2D eigenvalue weighted by Gasteiger charge is 2.23. The Bertz CT molecular complexity index is 763. The van der Waals surface area contributed by atoms with Crippen molar-refractivity contribution in [1.29, 1.82) is 0 Å². The molecule has 1 atom stereocenters. The van der Waals surface area contributed by atoms with Crippen LogP contribution < -0.4 is 5.32 Å². The van der Waals surface area contributed by atoms with E-state index in [1.54, 1.807) is 12.1 Å². The molecule has 2 aromatic rings. The van der Waals surface area contributed by atoms with Gasteiger partial charge in [-0.15, -0.1) is 0 Å². The fourth-order valence-electron chi connectivity index (χ4n) is 3.31. The zero-order valence-corrected chi connectivity index (χ0v) is 16.1. The first kappa shape index (κ1) is 18.9. The Labute approximate surface area is 159 Å². The highest BCUT2D eigenvalue weighted by molar-refractivity contribution is 7.99. The lowest BCUT2D eigenvalue weighted by Crippen LogP contribution is -2.40. The number of nitrogens with zero attached hydrogens (tertiary/aromatic N) is 1. The second-order valence-corrected chi connectivity index (χ2v) is 7.81. The molecule has 1 aliphatic rings. The largest absolute Gasteiger partial charge is 0.350 e. The predicted molar refractivity (Wildman–Crippen MR) is 104 cm³/mol. The topological polar surface area (TPSA) is 32.3 Å². The first-order valence-corrected chi connectivity index (χ1v) is 9.95. The number of carbonyl (C=O) groups excluding carboxylic acids is 1. The average molecular weight is 373 g/mol. The summed E-state index contributed by atoms with van der Waals surface area (Å²) in [5.41, 5.74) is 1.54. The quantitative estimate of drug-likeness (QED) is 0.810. The number of amides is 1. The number of aryl methyl sites for hydroxylation is 1. The van der Waals surface area contributed by atoms with Crippen LogP contribution in [0.15, 0.2) is 52.3 Å². The molecule has 0 radical (unpaired) electrons. The van der Waals surface area contributed by atoms with Crippen LogP contribution >= 0.6 is 11.8 Å². The molecular formula is C21H25FN2OS. The first-order valence-electron chi connectivity index (χ1n) is 9.13. The molecule has 26 heavy (non-hydrogen) atoms. The molecule has 1 fully saturated rings. The van der Waals surface area contributed by atoms with E-state index in [0.29, 0.717) is 23.0 Å². The molecule has 0 spiro atoms. The van der Waals surface area contributed by atoms with E-state index in [0.717, 1.165) is 24.4 Å². The third-order valence-electron chi connectivity index (χ3n) is 4.85. The van der Waals surface area contributed by atoms with Gasteiger partial charge in [0.1, 0.15) is 5.82 Å². The molecule has 3 nitrogen and oxygen atoms in total. The van der Waals surface area contributed by atoms with E-state index in [-0.39, 0.29) is 11.7 Å². The van der Waals surface area contributed by atoms with Gasteiger partial charge in [0.05, 0.1) is 0 Å². The fraction of sp³-hybridized carbons (Fsp3) is 0.381. The Kier molecular flexibility index (Phi) is 6.33. The van der Waals surface area contributed by atoms with Crippen LogP contribution in [0.4, 0.5) is 4.39 Å². The number of likely N-dealkylation sites (tertiary alicyclic amines) is 1. The molecule has 1 amide bonds. The number of nitrogens with one attached hydrogen (secondary N) is 1. The van der Waals surface area contributed by atoms with Crippen LogP contribution in [0.2, 0.25) is 0 Å². The third kappa shape index (κ3) is 4.65. The van der Waals surface area contributed by atoms with Crippen molar-refractivity contribution in [3.63, 3.8) is 0 Å². The highest BCUT2D eigenvalue weighted by atomic mass is 32.2. The van der Waals surface area contributed by atoms with Gasteiger partial charge < -0.3 is 5.32 Å². The maximum atomic E-state index is 14.4. The Morgan fingerprint density at radius 3 is 2.73 bits per heavy atom. The third-order valence-corrected chi connectivity index (χ3v) is 5.91. The first-order chi connectivity index (χ1) is 12.6. The van der Waals surface area contributed by atoms with Gasteiger partial charge in [0.15, 0.2) is 0 Å². The van der Waals surface area contributed by atoms with Crippen molar-refractivity contribution in [3.8, 4) is 0 Å².